The first-order chi connectivity index (χ1) is 7.72. The van der Waals surface area contributed by atoms with Crippen LogP contribution >= 0.6 is 11.6 Å². The highest BCUT2D eigenvalue weighted by Gasteiger charge is 2.08. The van der Waals surface area contributed by atoms with Crippen molar-refractivity contribution in [3.05, 3.63) is 53.1 Å². The maximum Gasteiger partial charge on any atom is 0.123 e. The van der Waals surface area contributed by atoms with Crippen LogP contribution in [-0.4, -0.2) is 5.11 Å². The first-order valence-corrected chi connectivity index (χ1v) is 5.37. The molecule has 0 spiro atoms. The maximum absolute atomic E-state index is 9.76. The summed E-state index contributed by atoms with van der Waals surface area (Å²) in [5.74, 6) is 0.221. The van der Waals surface area contributed by atoms with E-state index in [1.54, 1.807) is 18.2 Å². The highest BCUT2D eigenvalue weighted by atomic mass is 35.5. The van der Waals surface area contributed by atoms with Gasteiger partial charge in [0, 0.05) is 22.7 Å². The molecule has 0 aliphatic heterocycles. The lowest BCUT2D eigenvalue weighted by atomic mass is 10.0. The molecule has 0 bridgehead atoms. The Bertz CT molecular complexity index is 511. The topological polar surface area (TPSA) is 46.2 Å². The summed E-state index contributed by atoms with van der Waals surface area (Å²) in [6.45, 7) is 0.456. The van der Waals surface area contributed by atoms with Gasteiger partial charge in [0.15, 0.2) is 0 Å². The third-order valence-electron chi connectivity index (χ3n) is 2.46. The quantitative estimate of drug-likeness (QED) is 0.837. The molecule has 16 heavy (non-hydrogen) atoms. The number of para-hydroxylation sites is 1. The molecule has 0 fully saturated rings. The van der Waals surface area contributed by atoms with Crippen molar-refractivity contribution in [3.8, 4) is 16.9 Å². The summed E-state index contributed by atoms with van der Waals surface area (Å²) in [7, 11) is 0. The van der Waals surface area contributed by atoms with Crippen molar-refractivity contribution in [3.63, 3.8) is 0 Å². The average Bonchev–Trinajstić information content (AvgIpc) is 2.31. The van der Waals surface area contributed by atoms with Crippen LogP contribution in [0.3, 0.4) is 0 Å². The SMILES string of the molecule is NCc1ccc(Cl)c(-c2ccccc2O)c1. The Morgan fingerprint density at radius 1 is 1.06 bits per heavy atom. The Balaban J connectivity index is 2.59. The average molecular weight is 234 g/mol. The molecule has 0 atom stereocenters. The number of halogens is 1. The molecule has 0 amide bonds. The summed E-state index contributed by atoms with van der Waals surface area (Å²) in [5.41, 5.74) is 8.10. The van der Waals surface area contributed by atoms with Crippen molar-refractivity contribution in [1.82, 2.24) is 0 Å². The van der Waals surface area contributed by atoms with Crippen molar-refractivity contribution in [1.29, 1.82) is 0 Å². The molecule has 0 saturated heterocycles. The molecule has 0 aromatic heterocycles. The standard InChI is InChI=1S/C13H12ClNO/c14-12-6-5-9(8-15)7-11(12)10-3-1-2-4-13(10)16/h1-7,16H,8,15H2. The number of hydrogen-bond acceptors (Lipinski definition) is 2. The number of rotatable bonds is 2. The van der Waals surface area contributed by atoms with Crippen LogP contribution in [0.2, 0.25) is 5.02 Å². The third-order valence-corrected chi connectivity index (χ3v) is 2.79. The van der Waals surface area contributed by atoms with Gasteiger partial charge in [0.05, 0.1) is 0 Å². The predicted octanol–water partition coefficient (Wildman–Crippen LogP) is 3.17. The van der Waals surface area contributed by atoms with Gasteiger partial charge in [-0.25, -0.2) is 0 Å². The molecule has 82 valence electrons. The fraction of sp³-hybridized carbons (Fsp3) is 0.0769. The molecule has 2 rings (SSSR count). The lowest BCUT2D eigenvalue weighted by molar-refractivity contribution is 0.477. The Morgan fingerprint density at radius 2 is 1.81 bits per heavy atom. The van der Waals surface area contributed by atoms with Gasteiger partial charge < -0.3 is 10.8 Å². The molecule has 2 aromatic rings. The highest BCUT2D eigenvalue weighted by Crippen LogP contribution is 2.34. The van der Waals surface area contributed by atoms with Crippen LogP contribution < -0.4 is 5.73 Å². The van der Waals surface area contributed by atoms with E-state index < -0.39 is 0 Å². The third kappa shape index (κ3) is 2.03. The summed E-state index contributed by atoms with van der Waals surface area (Å²) >= 11 is 6.11. The summed E-state index contributed by atoms with van der Waals surface area (Å²) in [4.78, 5) is 0. The monoisotopic (exact) mass is 233 g/mol. The van der Waals surface area contributed by atoms with E-state index in [1.165, 1.54) is 0 Å². The van der Waals surface area contributed by atoms with Crippen LogP contribution in [0.25, 0.3) is 11.1 Å². The molecule has 2 nitrogen and oxygen atoms in total. The summed E-state index contributed by atoms with van der Waals surface area (Å²) in [6, 6.07) is 12.7. The summed E-state index contributed by atoms with van der Waals surface area (Å²) in [5, 5.41) is 10.4. The van der Waals surface area contributed by atoms with Gasteiger partial charge in [-0.15, -0.1) is 0 Å². The van der Waals surface area contributed by atoms with E-state index in [-0.39, 0.29) is 5.75 Å². The molecule has 0 aliphatic carbocycles. The predicted molar refractivity (Wildman–Crippen MR) is 66.4 cm³/mol. The first-order valence-electron chi connectivity index (χ1n) is 4.99. The van der Waals surface area contributed by atoms with Gasteiger partial charge in [-0.05, 0) is 23.8 Å². The van der Waals surface area contributed by atoms with Crippen molar-refractivity contribution >= 4 is 11.6 Å². The number of aromatic hydroxyl groups is 1. The maximum atomic E-state index is 9.76. The van der Waals surface area contributed by atoms with Crippen molar-refractivity contribution in [2.24, 2.45) is 5.73 Å². The van der Waals surface area contributed by atoms with Gasteiger partial charge in [-0.3, -0.25) is 0 Å². The van der Waals surface area contributed by atoms with Gasteiger partial charge in [0.1, 0.15) is 5.75 Å². The smallest absolute Gasteiger partial charge is 0.123 e. The second-order valence-electron chi connectivity index (χ2n) is 3.54. The molecule has 3 N–H and O–H groups in total. The number of phenolic OH excluding ortho intramolecular Hbond substituents is 1. The Hall–Kier alpha value is -1.51. The Morgan fingerprint density at radius 3 is 2.50 bits per heavy atom. The molecule has 0 heterocycles. The van der Waals surface area contributed by atoms with E-state index in [4.69, 9.17) is 17.3 Å². The van der Waals surface area contributed by atoms with Crippen LogP contribution in [0.5, 0.6) is 5.75 Å². The van der Waals surface area contributed by atoms with Crippen molar-refractivity contribution in [2.75, 3.05) is 0 Å². The van der Waals surface area contributed by atoms with Crippen LogP contribution in [0, 0.1) is 0 Å². The lowest BCUT2D eigenvalue weighted by Crippen LogP contribution is -1.96. The zero-order valence-electron chi connectivity index (χ0n) is 8.65. The van der Waals surface area contributed by atoms with Gasteiger partial charge in [-0.1, -0.05) is 35.9 Å². The zero-order chi connectivity index (χ0) is 11.5. The molecule has 0 saturated carbocycles. The first kappa shape index (κ1) is 11.0. The largest absolute Gasteiger partial charge is 0.507 e. The minimum atomic E-state index is 0.221. The van der Waals surface area contributed by atoms with Crippen LogP contribution in [0.15, 0.2) is 42.5 Å². The van der Waals surface area contributed by atoms with E-state index in [0.717, 1.165) is 16.7 Å². The number of benzene rings is 2. The van der Waals surface area contributed by atoms with Gasteiger partial charge in [0.2, 0.25) is 0 Å². The Kier molecular flexibility index (Phi) is 3.13. The Labute approximate surface area is 99.3 Å². The van der Waals surface area contributed by atoms with E-state index in [9.17, 15) is 5.11 Å². The van der Waals surface area contributed by atoms with Crippen LogP contribution in [-0.2, 0) is 6.54 Å². The van der Waals surface area contributed by atoms with Crippen molar-refractivity contribution in [2.45, 2.75) is 6.54 Å². The molecule has 2 aromatic carbocycles. The molecule has 0 aliphatic rings. The van der Waals surface area contributed by atoms with Gasteiger partial charge >= 0.3 is 0 Å². The minimum absolute atomic E-state index is 0.221. The zero-order valence-corrected chi connectivity index (χ0v) is 9.41. The van der Waals surface area contributed by atoms with E-state index in [0.29, 0.717) is 11.6 Å². The number of hydrogen-bond donors (Lipinski definition) is 2. The normalized spacial score (nSPS) is 10.4. The van der Waals surface area contributed by atoms with Crippen LogP contribution in [0.1, 0.15) is 5.56 Å². The van der Waals surface area contributed by atoms with Crippen molar-refractivity contribution < 1.29 is 5.11 Å². The fourth-order valence-electron chi connectivity index (χ4n) is 1.61. The van der Waals surface area contributed by atoms with Gasteiger partial charge in [0.25, 0.3) is 0 Å². The lowest BCUT2D eigenvalue weighted by Gasteiger charge is -2.08. The number of nitrogens with two attached hydrogens (primary N) is 1. The summed E-state index contributed by atoms with van der Waals surface area (Å²) in [6.07, 6.45) is 0. The second-order valence-corrected chi connectivity index (χ2v) is 3.94. The van der Waals surface area contributed by atoms with E-state index in [1.807, 2.05) is 24.3 Å². The number of phenols is 1. The summed E-state index contributed by atoms with van der Waals surface area (Å²) < 4.78 is 0. The van der Waals surface area contributed by atoms with E-state index >= 15 is 0 Å². The molecule has 3 heteroatoms. The fourth-order valence-corrected chi connectivity index (χ4v) is 1.83. The second kappa shape index (κ2) is 4.56. The molecule has 0 unspecified atom stereocenters. The minimum Gasteiger partial charge on any atom is -0.507 e. The van der Waals surface area contributed by atoms with Crippen LogP contribution in [0.4, 0.5) is 0 Å². The molecular weight excluding hydrogens is 222 g/mol. The van der Waals surface area contributed by atoms with E-state index in [2.05, 4.69) is 0 Å². The highest BCUT2D eigenvalue weighted by molar-refractivity contribution is 6.33. The molecule has 0 radical (unpaired) electrons. The molecular formula is C13H12ClNO. The van der Waals surface area contributed by atoms with Gasteiger partial charge in [-0.2, -0.15) is 0 Å².